The van der Waals surface area contributed by atoms with Crippen LogP contribution in [0.25, 0.3) is 71.6 Å². The van der Waals surface area contributed by atoms with Crippen molar-refractivity contribution >= 4 is 54.5 Å². The van der Waals surface area contributed by atoms with Crippen molar-refractivity contribution in [1.82, 2.24) is 13.7 Å². The third kappa shape index (κ3) is 3.35. The number of para-hydroxylation sites is 5. The molecule has 0 atom stereocenters. The van der Waals surface area contributed by atoms with Gasteiger partial charge in [-0.1, -0.05) is 91.0 Å². The summed E-state index contributed by atoms with van der Waals surface area (Å²) in [5.41, 5.74) is 8.00. The second-order valence-corrected chi connectivity index (χ2v) is 11.0. The second kappa shape index (κ2) is 9.07. The van der Waals surface area contributed by atoms with Crippen molar-refractivity contribution in [2.75, 3.05) is 0 Å². The van der Waals surface area contributed by atoms with E-state index in [2.05, 4.69) is 106 Å². The molecule has 0 N–H and O–H groups in total. The molecular weight excluding hydrogens is 526 g/mol. The van der Waals surface area contributed by atoms with Crippen LogP contribution in [-0.2, 0) is 0 Å². The molecule has 4 nitrogen and oxygen atoms in total. The maximum atomic E-state index is 14.8. The maximum Gasteiger partial charge on any atom is 0.265 e. The molecule has 0 amide bonds. The van der Waals surface area contributed by atoms with E-state index in [1.54, 1.807) is 0 Å². The summed E-state index contributed by atoms with van der Waals surface area (Å²) < 4.78 is 6.49. The van der Waals surface area contributed by atoms with Crippen LogP contribution in [0.15, 0.2) is 156 Å². The highest BCUT2D eigenvalue weighted by Crippen LogP contribution is 2.40. The maximum absolute atomic E-state index is 14.8. The van der Waals surface area contributed by atoms with Gasteiger partial charge in [-0.25, -0.2) is 0 Å². The number of benzene rings is 6. The molecule has 43 heavy (non-hydrogen) atoms. The van der Waals surface area contributed by atoms with Crippen molar-refractivity contribution in [3.05, 3.63) is 162 Å². The molecule has 0 aliphatic carbocycles. The zero-order chi connectivity index (χ0) is 28.5. The van der Waals surface area contributed by atoms with E-state index in [-0.39, 0.29) is 5.56 Å². The van der Waals surface area contributed by atoms with Gasteiger partial charge in [-0.15, -0.1) is 0 Å². The van der Waals surface area contributed by atoms with Crippen LogP contribution in [0, 0.1) is 0 Å². The number of aromatic nitrogens is 3. The lowest BCUT2D eigenvalue weighted by atomic mass is 10.1. The van der Waals surface area contributed by atoms with Crippen LogP contribution < -0.4 is 5.56 Å². The van der Waals surface area contributed by atoms with Gasteiger partial charge in [0, 0.05) is 38.6 Å². The van der Waals surface area contributed by atoms with Gasteiger partial charge in [0.25, 0.3) is 5.56 Å². The van der Waals surface area contributed by atoms with Crippen LogP contribution in [0.3, 0.4) is 0 Å². The van der Waals surface area contributed by atoms with Crippen molar-refractivity contribution in [1.29, 1.82) is 0 Å². The van der Waals surface area contributed by atoms with Gasteiger partial charge >= 0.3 is 0 Å². The fourth-order valence-electron chi connectivity index (χ4n) is 6.84. The quantitative estimate of drug-likeness (QED) is 0.215. The van der Waals surface area contributed by atoms with Crippen molar-refractivity contribution in [2.45, 2.75) is 0 Å². The van der Waals surface area contributed by atoms with E-state index in [4.69, 9.17) is 0 Å². The lowest BCUT2D eigenvalue weighted by Crippen LogP contribution is -2.19. The number of hydrogen-bond acceptors (Lipinski definition) is 1. The fourth-order valence-corrected chi connectivity index (χ4v) is 6.84. The average molecular weight is 552 g/mol. The number of pyridine rings is 1. The first-order valence-electron chi connectivity index (χ1n) is 14.5. The predicted octanol–water partition coefficient (Wildman–Crippen LogP) is 9.18. The molecule has 0 bridgehead atoms. The van der Waals surface area contributed by atoms with Gasteiger partial charge in [0.1, 0.15) is 0 Å². The first kappa shape index (κ1) is 23.8. The summed E-state index contributed by atoms with van der Waals surface area (Å²) in [6.45, 7) is 0. The van der Waals surface area contributed by atoms with E-state index >= 15 is 0 Å². The Bertz CT molecular complexity index is 2560. The van der Waals surface area contributed by atoms with Crippen LogP contribution in [0.2, 0.25) is 0 Å². The lowest BCUT2D eigenvalue weighted by molar-refractivity contribution is 1.06. The van der Waals surface area contributed by atoms with Gasteiger partial charge < -0.3 is 9.13 Å². The minimum Gasteiger partial charge on any atom is -0.309 e. The molecule has 9 aromatic rings. The molecule has 0 aliphatic heterocycles. The van der Waals surface area contributed by atoms with Gasteiger partial charge in [0.15, 0.2) is 0 Å². The molecule has 0 saturated carbocycles. The van der Waals surface area contributed by atoms with Crippen LogP contribution in [-0.4, -0.2) is 13.7 Å². The third-order valence-corrected chi connectivity index (χ3v) is 8.62. The summed E-state index contributed by atoms with van der Waals surface area (Å²) in [7, 11) is 0. The number of rotatable bonds is 3. The predicted molar refractivity (Wildman–Crippen MR) is 178 cm³/mol. The van der Waals surface area contributed by atoms with E-state index < -0.39 is 0 Å². The smallest absolute Gasteiger partial charge is 0.265 e. The van der Waals surface area contributed by atoms with Crippen LogP contribution in [0.5, 0.6) is 0 Å². The average Bonchev–Trinajstić information content (AvgIpc) is 3.59. The van der Waals surface area contributed by atoms with E-state index in [1.165, 1.54) is 0 Å². The molecule has 6 aromatic carbocycles. The van der Waals surface area contributed by atoms with Gasteiger partial charge in [0.2, 0.25) is 0 Å². The molecule has 3 aromatic heterocycles. The van der Waals surface area contributed by atoms with Gasteiger partial charge in [-0.05, 0) is 60.7 Å². The third-order valence-electron chi connectivity index (χ3n) is 8.62. The summed E-state index contributed by atoms with van der Waals surface area (Å²) in [6.07, 6.45) is 0. The Morgan fingerprint density at radius 3 is 1.42 bits per heavy atom. The molecule has 4 heteroatoms. The zero-order valence-electron chi connectivity index (χ0n) is 23.2. The Morgan fingerprint density at radius 1 is 0.349 bits per heavy atom. The van der Waals surface area contributed by atoms with Gasteiger partial charge in [-0.2, -0.15) is 0 Å². The molecule has 202 valence electrons. The Balaban J connectivity index is 1.59. The van der Waals surface area contributed by atoms with E-state index in [1.807, 2.05) is 59.2 Å². The first-order chi connectivity index (χ1) is 21.3. The van der Waals surface area contributed by atoms with Crippen LogP contribution >= 0.6 is 0 Å². The molecule has 0 radical (unpaired) electrons. The Labute approximate surface area is 246 Å². The minimum absolute atomic E-state index is 0.0225. The Morgan fingerprint density at radius 2 is 0.791 bits per heavy atom. The van der Waals surface area contributed by atoms with Crippen molar-refractivity contribution in [3.63, 3.8) is 0 Å². The number of nitrogens with zero attached hydrogens (tertiary/aromatic N) is 3. The molecule has 9 rings (SSSR count). The summed E-state index contributed by atoms with van der Waals surface area (Å²) in [6, 6.07) is 52.1. The molecule has 0 spiro atoms. The van der Waals surface area contributed by atoms with Crippen LogP contribution in [0.4, 0.5) is 0 Å². The normalized spacial score (nSPS) is 11.8. The fraction of sp³-hybridized carbons (Fsp3) is 0. The lowest BCUT2D eigenvalue weighted by Gasteiger charge is -2.15. The molecular formula is C39H25N3O. The van der Waals surface area contributed by atoms with Crippen LogP contribution in [0.1, 0.15) is 0 Å². The standard InChI is InChI=1S/C39H25N3O/c43-39-37-30-21-11-13-23-34(30)41(27-16-6-2-7-17-27)38(37)32-25-35-31(24-36(32)42(39)28-18-8-3-9-19-28)29-20-10-12-22-33(29)40(35)26-14-4-1-5-15-26/h1-25H. The van der Waals surface area contributed by atoms with Gasteiger partial charge in [0.05, 0.1) is 33.0 Å². The summed E-state index contributed by atoms with van der Waals surface area (Å²) in [4.78, 5) is 14.8. The van der Waals surface area contributed by atoms with E-state index in [0.717, 1.165) is 71.6 Å². The summed E-state index contributed by atoms with van der Waals surface area (Å²) in [5.74, 6) is 0. The topological polar surface area (TPSA) is 31.9 Å². The highest BCUT2D eigenvalue weighted by atomic mass is 16.1. The zero-order valence-corrected chi connectivity index (χ0v) is 23.2. The van der Waals surface area contributed by atoms with E-state index in [0.29, 0.717) is 0 Å². The molecule has 0 fully saturated rings. The number of fused-ring (bicyclic) bond motifs is 8. The highest BCUT2D eigenvalue weighted by Gasteiger charge is 2.23. The minimum atomic E-state index is -0.0225. The molecule has 0 unspecified atom stereocenters. The largest absolute Gasteiger partial charge is 0.309 e. The number of hydrogen-bond donors (Lipinski definition) is 0. The Kier molecular flexibility index (Phi) is 5.02. The SMILES string of the molecule is O=c1c2c3ccccc3n(-c3ccccc3)c2c2cc3c(cc2n1-c1ccccc1)c1ccccc1n3-c1ccccc1. The monoisotopic (exact) mass is 551 g/mol. The highest BCUT2D eigenvalue weighted by molar-refractivity contribution is 6.22. The molecule has 0 aliphatic rings. The Hall–Kier alpha value is -5.87. The van der Waals surface area contributed by atoms with E-state index in [9.17, 15) is 4.79 Å². The van der Waals surface area contributed by atoms with Crippen molar-refractivity contribution in [3.8, 4) is 17.1 Å². The van der Waals surface area contributed by atoms with Crippen molar-refractivity contribution in [2.24, 2.45) is 0 Å². The van der Waals surface area contributed by atoms with Gasteiger partial charge in [-0.3, -0.25) is 9.36 Å². The second-order valence-electron chi connectivity index (χ2n) is 11.0. The summed E-state index contributed by atoms with van der Waals surface area (Å²) >= 11 is 0. The molecule has 0 saturated heterocycles. The molecule has 3 heterocycles. The van der Waals surface area contributed by atoms with Crippen molar-refractivity contribution < 1.29 is 0 Å². The summed E-state index contributed by atoms with van der Waals surface area (Å²) in [5, 5.41) is 4.95. The first-order valence-corrected chi connectivity index (χ1v) is 14.5.